The highest BCUT2D eigenvalue weighted by Gasteiger charge is 2.62. The fraction of sp³-hybridized carbons (Fsp3) is 0.767. The van der Waals surface area contributed by atoms with Gasteiger partial charge in [-0.3, -0.25) is 0 Å². The molecule has 4 fully saturated rings. The van der Waals surface area contributed by atoms with E-state index in [2.05, 4.69) is 33.4 Å². The molecule has 3 saturated carbocycles. The van der Waals surface area contributed by atoms with Gasteiger partial charge in [-0.1, -0.05) is 51.0 Å². The molecule has 180 valence electrons. The van der Waals surface area contributed by atoms with Crippen LogP contribution in [0.25, 0.3) is 0 Å². The molecule has 2 aliphatic heterocycles. The first kappa shape index (κ1) is 22.0. The van der Waals surface area contributed by atoms with Gasteiger partial charge in [0.2, 0.25) is 5.60 Å². The van der Waals surface area contributed by atoms with Crippen LogP contribution in [-0.2, 0) is 14.3 Å². The number of carbonyl (C=O) groups excluding carboxylic acids is 1. The van der Waals surface area contributed by atoms with Gasteiger partial charge in [0, 0.05) is 6.42 Å². The topological polar surface area (TPSA) is 35.5 Å². The number of esters is 1. The lowest BCUT2D eigenvalue weighted by atomic mass is 9.56. The van der Waals surface area contributed by atoms with Gasteiger partial charge in [-0.2, -0.15) is 0 Å². The first-order chi connectivity index (χ1) is 15.7. The molecular weight excluding hydrogens is 408 g/mol. The fourth-order valence-electron chi connectivity index (χ4n) is 8.95. The maximum atomic E-state index is 13.2. The minimum Gasteiger partial charge on any atom is -0.482 e. The molecule has 3 heteroatoms. The van der Waals surface area contributed by atoms with Crippen molar-refractivity contribution in [3.05, 3.63) is 35.6 Å². The highest BCUT2D eigenvalue weighted by molar-refractivity contribution is 5.83. The Kier molecular flexibility index (Phi) is 4.99. The van der Waals surface area contributed by atoms with Crippen molar-refractivity contribution in [3.8, 4) is 0 Å². The average Bonchev–Trinajstić information content (AvgIpc) is 3.02. The van der Waals surface area contributed by atoms with Crippen LogP contribution in [0.5, 0.6) is 0 Å². The third-order valence-corrected chi connectivity index (χ3v) is 11.0. The minimum absolute atomic E-state index is 0.0209. The Hall–Kier alpha value is -1.51. The Labute approximate surface area is 200 Å². The van der Waals surface area contributed by atoms with E-state index in [1.165, 1.54) is 68.9 Å². The van der Waals surface area contributed by atoms with Gasteiger partial charge in [0.1, 0.15) is 6.10 Å². The summed E-state index contributed by atoms with van der Waals surface area (Å²) in [5.74, 6) is 1.79. The zero-order valence-electron chi connectivity index (χ0n) is 21.0. The van der Waals surface area contributed by atoms with E-state index in [4.69, 9.17) is 9.47 Å². The van der Waals surface area contributed by atoms with E-state index < -0.39 is 5.60 Å². The van der Waals surface area contributed by atoms with Gasteiger partial charge < -0.3 is 9.47 Å². The molecule has 0 aromatic carbocycles. The number of hydrogen-bond donors (Lipinski definition) is 0. The summed E-state index contributed by atoms with van der Waals surface area (Å²) in [6.45, 7) is 11.7. The second-order valence-electron chi connectivity index (χ2n) is 13.0. The van der Waals surface area contributed by atoms with Gasteiger partial charge in [-0.15, -0.1) is 0 Å². The Morgan fingerprint density at radius 1 is 1.06 bits per heavy atom. The molecule has 8 atom stereocenters. The van der Waals surface area contributed by atoms with Crippen LogP contribution in [-0.4, -0.2) is 17.7 Å². The van der Waals surface area contributed by atoms with Crippen molar-refractivity contribution >= 4 is 5.97 Å². The number of rotatable bonds is 1. The van der Waals surface area contributed by atoms with Crippen molar-refractivity contribution in [2.45, 2.75) is 110 Å². The summed E-state index contributed by atoms with van der Waals surface area (Å²) in [5, 5.41) is 0. The quantitative estimate of drug-likeness (QED) is 0.311. The normalized spacial score (nSPS) is 49.2. The third-order valence-electron chi connectivity index (χ3n) is 11.0. The second kappa shape index (κ2) is 7.49. The van der Waals surface area contributed by atoms with E-state index in [0.29, 0.717) is 23.2 Å². The van der Waals surface area contributed by atoms with E-state index in [0.717, 1.165) is 19.3 Å². The molecule has 2 heterocycles. The van der Waals surface area contributed by atoms with Gasteiger partial charge >= 0.3 is 5.97 Å². The Balaban J connectivity index is 1.24. The molecule has 6 aliphatic rings. The summed E-state index contributed by atoms with van der Waals surface area (Å²) in [6.07, 6.45) is 18.5. The Morgan fingerprint density at radius 2 is 1.91 bits per heavy atom. The van der Waals surface area contributed by atoms with Crippen LogP contribution >= 0.6 is 0 Å². The van der Waals surface area contributed by atoms with Crippen LogP contribution in [0.4, 0.5) is 0 Å². The van der Waals surface area contributed by atoms with Crippen LogP contribution in [0.15, 0.2) is 35.6 Å². The molecule has 0 amide bonds. The molecule has 1 saturated heterocycles. The summed E-state index contributed by atoms with van der Waals surface area (Å²) < 4.78 is 12.5. The number of fused-ring (bicyclic) bond motifs is 4. The molecule has 1 spiro atoms. The first-order valence-corrected chi connectivity index (χ1v) is 13.7. The van der Waals surface area contributed by atoms with Crippen molar-refractivity contribution < 1.29 is 14.3 Å². The predicted octanol–water partition coefficient (Wildman–Crippen LogP) is 7.28. The monoisotopic (exact) mass is 450 g/mol. The van der Waals surface area contributed by atoms with Gasteiger partial charge in [0.25, 0.3) is 0 Å². The lowest BCUT2D eigenvalue weighted by Gasteiger charge is -2.50. The van der Waals surface area contributed by atoms with E-state index in [-0.39, 0.29) is 23.4 Å². The van der Waals surface area contributed by atoms with Crippen LogP contribution in [0.3, 0.4) is 0 Å². The van der Waals surface area contributed by atoms with Gasteiger partial charge in [-0.05, 0) is 98.4 Å². The van der Waals surface area contributed by atoms with E-state index >= 15 is 0 Å². The number of allylic oxidation sites excluding steroid dienone is 3. The minimum atomic E-state index is -0.794. The van der Waals surface area contributed by atoms with Gasteiger partial charge in [0.15, 0.2) is 0 Å². The molecule has 0 aromatic heterocycles. The molecule has 33 heavy (non-hydrogen) atoms. The predicted molar refractivity (Wildman–Crippen MR) is 130 cm³/mol. The summed E-state index contributed by atoms with van der Waals surface area (Å²) in [4.78, 5) is 13.2. The Bertz CT molecular complexity index is 929. The Morgan fingerprint density at radius 3 is 2.70 bits per heavy atom. The van der Waals surface area contributed by atoms with Crippen LogP contribution in [0.2, 0.25) is 0 Å². The zero-order chi connectivity index (χ0) is 23.0. The summed E-state index contributed by atoms with van der Waals surface area (Å²) in [7, 11) is 0. The van der Waals surface area contributed by atoms with Crippen LogP contribution in [0.1, 0.15) is 97.8 Å². The summed E-state index contributed by atoms with van der Waals surface area (Å²) in [6, 6.07) is 0. The average molecular weight is 451 g/mol. The smallest absolute Gasteiger partial charge is 0.351 e. The largest absolute Gasteiger partial charge is 0.482 e. The molecular formula is C30H42O3. The molecule has 0 aromatic rings. The molecule has 0 N–H and O–H groups in total. The van der Waals surface area contributed by atoms with Gasteiger partial charge in [-0.25, -0.2) is 4.79 Å². The highest BCUT2D eigenvalue weighted by atomic mass is 16.6. The molecule has 0 bridgehead atoms. The van der Waals surface area contributed by atoms with E-state index in [1.54, 1.807) is 5.57 Å². The first-order valence-electron chi connectivity index (χ1n) is 13.7. The molecule has 0 unspecified atom stereocenters. The summed E-state index contributed by atoms with van der Waals surface area (Å²) in [5.41, 5.74) is 4.31. The number of ether oxygens (including phenoxy) is 2. The van der Waals surface area contributed by atoms with Crippen molar-refractivity contribution in [2.24, 2.45) is 34.5 Å². The lowest BCUT2D eigenvalue weighted by Crippen LogP contribution is -2.48. The van der Waals surface area contributed by atoms with Gasteiger partial charge in [0.05, 0.1) is 12.2 Å². The maximum Gasteiger partial charge on any atom is 0.351 e. The standard InChI is InChI=1S/C30H42O3/c1-19-7-5-11-28(3)13-9-21(15-23(19)28)22-10-14-30(32-18-22)25-16-24-20(2)8-6-12-29(24,4)17-26(25)33-27(30)31/h16,18,20-21,23,25-26H,1,5-15,17H2,2-4H3/t20-,21-,23-,25-,26+,28-,29+,30+/m0/s1. The molecule has 0 radical (unpaired) electrons. The SMILES string of the molecule is C=C1CCC[C@@]2(C)CC[C@H](C3=CO[C@@]4(CC3)C(=O)O[C@@H]3C[C@@]5(C)CCC[C@H](C)C5=C[C@@H]34)C[C@@H]12. The molecule has 3 nitrogen and oxygen atoms in total. The van der Waals surface area contributed by atoms with Crippen molar-refractivity contribution in [1.29, 1.82) is 0 Å². The fourth-order valence-corrected chi connectivity index (χ4v) is 8.95. The number of hydrogen-bond acceptors (Lipinski definition) is 3. The third kappa shape index (κ3) is 3.23. The summed E-state index contributed by atoms with van der Waals surface area (Å²) >= 11 is 0. The van der Waals surface area contributed by atoms with Crippen LogP contribution < -0.4 is 0 Å². The van der Waals surface area contributed by atoms with Crippen molar-refractivity contribution in [3.63, 3.8) is 0 Å². The van der Waals surface area contributed by atoms with Crippen molar-refractivity contribution in [1.82, 2.24) is 0 Å². The van der Waals surface area contributed by atoms with Crippen LogP contribution in [0, 0.1) is 34.5 Å². The van der Waals surface area contributed by atoms with E-state index in [9.17, 15) is 4.79 Å². The van der Waals surface area contributed by atoms with Crippen molar-refractivity contribution in [2.75, 3.05) is 0 Å². The molecule has 4 aliphatic carbocycles. The van der Waals surface area contributed by atoms with E-state index in [1.807, 2.05) is 6.26 Å². The highest BCUT2D eigenvalue weighted by Crippen LogP contribution is 2.58. The maximum absolute atomic E-state index is 13.2. The molecule has 6 rings (SSSR count). The zero-order valence-corrected chi connectivity index (χ0v) is 21.0. The lowest BCUT2D eigenvalue weighted by molar-refractivity contribution is -0.157. The number of carbonyl (C=O) groups is 1. The second-order valence-corrected chi connectivity index (χ2v) is 13.0.